The van der Waals surface area contributed by atoms with Gasteiger partial charge in [-0.05, 0) is 31.2 Å². The summed E-state index contributed by atoms with van der Waals surface area (Å²) in [5.74, 6) is 1.29. The average Bonchev–Trinajstić information content (AvgIpc) is 2.49. The van der Waals surface area contributed by atoms with Gasteiger partial charge in [-0.1, -0.05) is 26.2 Å². The van der Waals surface area contributed by atoms with E-state index in [1.807, 2.05) is 0 Å². The fourth-order valence-corrected chi connectivity index (χ4v) is 1.99. The molecule has 0 saturated heterocycles. The third kappa shape index (κ3) is 5.21. The lowest BCUT2D eigenvalue weighted by molar-refractivity contribution is 0.0990. The Morgan fingerprint density at radius 1 is 1.10 bits per heavy atom. The SMILES string of the molecule is CCCCCCNCC(=O)c1ccc(OC)c(OC)c1. The van der Waals surface area contributed by atoms with Gasteiger partial charge in [-0.25, -0.2) is 0 Å². The summed E-state index contributed by atoms with van der Waals surface area (Å²) in [6.45, 7) is 3.44. The van der Waals surface area contributed by atoms with Crippen LogP contribution in [0.4, 0.5) is 0 Å². The molecule has 4 heteroatoms. The number of Topliss-reactive ketones (excluding diaryl/α,β-unsaturated/α-hetero) is 1. The number of carbonyl (C=O) groups excluding carboxylic acids is 1. The van der Waals surface area contributed by atoms with E-state index in [-0.39, 0.29) is 5.78 Å². The summed E-state index contributed by atoms with van der Waals surface area (Å²) >= 11 is 0. The van der Waals surface area contributed by atoms with Crippen LogP contribution in [-0.2, 0) is 0 Å². The topological polar surface area (TPSA) is 47.6 Å². The molecule has 1 rings (SSSR count). The van der Waals surface area contributed by atoms with E-state index >= 15 is 0 Å². The Bertz CT molecular complexity index is 418. The molecule has 0 aliphatic carbocycles. The van der Waals surface area contributed by atoms with Gasteiger partial charge in [0, 0.05) is 5.56 Å². The molecule has 0 amide bonds. The number of hydrogen-bond acceptors (Lipinski definition) is 4. The van der Waals surface area contributed by atoms with E-state index in [1.165, 1.54) is 19.3 Å². The fraction of sp³-hybridized carbons (Fsp3) is 0.562. The molecule has 4 nitrogen and oxygen atoms in total. The highest BCUT2D eigenvalue weighted by atomic mass is 16.5. The normalized spacial score (nSPS) is 10.3. The van der Waals surface area contributed by atoms with Crippen LogP contribution < -0.4 is 14.8 Å². The largest absolute Gasteiger partial charge is 0.493 e. The molecule has 1 aromatic carbocycles. The van der Waals surface area contributed by atoms with Crippen LogP contribution in [0.5, 0.6) is 11.5 Å². The summed E-state index contributed by atoms with van der Waals surface area (Å²) in [4.78, 5) is 12.0. The van der Waals surface area contributed by atoms with Crippen molar-refractivity contribution in [2.24, 2.45) is 0 Å². The highest BCUT2D eigenvalue weighted by Gasteiger charge is 2.10. The molecule has 0 aliphatic heterocycles. The van der Waals surface area contributed by atoms with Gasteiger partial charge < -0.3 is 14.8 Å². The van der Waals surface area contributed by atoms with Gasteiger partial charge in [0.05, 0.1) is 20.8 Å². The van der Waals surface area contributed by atoms with Crippen LogP contribution in [0.25, 0.3) is 0 Å². The molecule has 0 aromatic heterocycles. The van der Waals surface area contributed by atoms with E-state index in [0.29, 0.717) is 23.6 Å². The van der Waals surface area contributed by atoms with Gasteiger partial charge in [0.15, 0.2) is 17.3 Å². The molecule has 1 N–H and O–H groups in total. The Kier molecular flexibility index (Phi) is 7.73. The number of ether oxygens (including phenoxy) is 2. The lowest BCUT2D eigenvalue weighted by Crippen LogP contribution is -2.24. The monoisotopic (exact) mass is 279 g/mol. The molecule has 0 fully saturated rings. The second kappa shape index (κ2) is 9.37. The summed E-state index contributed by atoms with van der Waals surface area (Å²) in [5, 5.41) is 3.19. The molecule has 0 spiro atoms. The fourth-order valence-electron chi connectivity index (χ4n) is 1.99. The number of rotatable bonds is 10. The highest BCUT2D eigenvalue weighted by Crippen LogP contribution is 2.27. The maximum atomic E-state index is 12.0. The summed E-state index contributed by atoms with van der Waals surface area (Å²) in [7, 11) is 3.15. The van der Waals surface area contributed by atoms with Crippen molar-refractivity contribution in [2.75, 3.05) is 27.3 Å². The second-order valence-electron chi connectivity index (χ2n) is 4.73. The Labute approximate surface area is 121 Å². The lowest BCUT2D eigenvalue weighted by atomic mass is 10.1. The smallest absolute Gasteiger partial charge is 0.176 e. The van der Waals surface area contributed by atoms with Gasteiger partial charge in [0.25, 0.3) is 0 Å². The first-order chi connectivity index (χ1) is 9.72. The minimum atomic E-state index is 0.0708. The van der Waals surface area contributed by atoms with Gasteiger partial charge in [-0.2, -0.15) is 0 Å². The zero-order chi connectivity index (χ0) is 14.8. The molecule has 0 aliphatic rings. The zero-order valence-electron chi connectivity index (χ0n) is 12.7. The Balaban J connectivity index is 2.43. The minimum absolute atomic E-state index is 0.0708. The number of benzene rings is 1. The number of nitrogens with one attached hydrogen (secondary N) is 1. The number of ketones is 1. The lowest BCUT2D eigenvalue weighted by Gasteiger charge is -2.09. The molecule has 1 aromatic rings. The van der Waals surface area contributed by atoms with E-state index in [1.54, 1.807) is 32.4 Å². The predicted octanol–water partition coefficient (Wildman–Crippen LogP) is 3.06. The van der Waals surface area contributed by atoms with Crippen LogP contribution in [-0.4, -0.2) is 33.1 Å². The quantitative estimate of drug-likeness (QED) is 0.528. The summed E-state index contributed by atoms with van der Waals surface area (Å²) in [6.07, 6.45) is 4.82. The molecular weight excluding hydrogens is 254 g/mol. The van der Waals surface area contributed by atoms with E-state index in [4.69, 9.17) is 9.47 Å². The third-order valence-corrected chi connectivity index (χ3v) is 3.20. The Morgan fingerprint density at radius 2 is 1.85 bits per heavy atom. The van der Waals surface area contributed by atoms with Crippen molar-refractivity contribution in [3.05, 3.63) is 23.8 Å². The standard InChI is InChI=1S/C16H25NO3/c1-4-5-6-7-10-17-12-14(18)13-8-9-15(19-2)16(11-13)20-3/h8-9,11,17H,4-7,10,12H2,1-3H3. The Hall–Kier alpha value is -1.55. The van der Waals surface area contributed by atoms with Gasteiger partial charge in [-0.3, -0.25) is 4.79 Å². The molecule has 112 valence electrons. The highest BCUT2D eigenvalue weighted by molar-refractivity contribution is 5.98. The van der Waals surface area contributed by atoms with Crippen LogP contribution >= 0.6 is 0 Å². The summed E-state index contributed by atoms with van der Waals surface area (Å²) in [6, 6.07) is 5.25. The molecular formula is C16H25NO3. The Morgan fingerprint density at radius 3 is 2.50 bits per heavy atom. The summed E-state index contributed by atoms with van der Waals surface area (Å²) in [5.41, 5.74) is 0.642. The first-order valence-electron chi connectivity index (χ1n) is 7.18. The molecule has 0 heterocycles. The molecule has 0 bridgehead atoms. The average molecular weight is 279 g/mol. The van der Waals surface area contributed by atoms with E-state index in [0.717, 1.165) is 13.0 Å². The molecule has 0 radical (unpaired) electrons. The van der Waals surface area contributed by atoms with Crippen LogP contribution in [0.1, 0.15) is 43.0 Å². The predicted molar refractivity (Wildman–Crippen MR) is 80.9 cm³/mol. The van der Waals surface area contributed by atoms with Crippen LogP contribution in [0, 0.1) is 0 Å². The van der Waals surface area contributed by atoms with Crippen molar-refractivity contribution in [3.63, 3.8) is 0 Å². The van der Waals surface area contributed by atoms with Gasteiger partial charge in [0.2, 0.25) is 0 Å². The van der Waals surface area contributed by atoms with Crippen LogP contribution in [0.2, 0.25) is 0 Å². The molecule has 20 heavy (non-hydrogen) atoms. The number of carbonyl (C=O) groups is 1. The maximum absolute atomic E-state index is 12.0. The third-order valence-electron chi connectivity index (χ3n) is 3.20. The first-order valence-corrected chi connectivity index (χ1v) is 7.18. The van der Waals surface area contributed by atoms with Gasteiger partial charge in [0.1, 0.15) is 0 Å². The van der Waals surface area contributed by atoms with Crippen LogP contribution in [0.3, 0.4) is 0 Å². The maximum Gasteiger partial charge on any atom is 0.176 e. The molecule has 0 saturated carbocycles. The van der Waals surface area contributed by atoms with Crippen molar-refractivity contribution >= 4 is 5.78 Å². The van der Waals surface area contributed by atoms with Crippen LogP contribution in [0.15, 0.2) is 18.2 Å². The van der Waals surface area contributed by atoms with E-state index in [9.17, 15) is 4.79 Å². The summed E-state index contributed by atoms with van der Waals surface area (Å²) < 4.78 is 10.4. The first kappa shape index (κ1) is 16.5. The van der Waals surface area contributed by atoms with Gasteiger partial charge >= 0.3 is 0 Å². The number of unbranched alkanes of at least 4 members (excludes halogenated alkanes) is 3. The van der Waals surface area contributed by atoms with Crippen molar-refractivity contribution in [2.45, 2.75) is 32.6 Å². The van der Waals surface area contributed by atoms with Gasteiger partial charge in [-0.15, -0.1) is 0 Å². The van der Waals surface area contributed by atoms with Crippen molar-refractivity contribution in [3.8, 4) is 11.5 Å². The number of methoxy groups -OCH3 is 2. The van der Waals surface area contributed by atoms with Crippen molar-refractivity contribution < 1.29 is 14.3 Å². The van der Waals surface area contributed by atoms with Crippen molar-refractivity contribution in [1.29, 1.82) is 0 Å². The second-order valence-corrected chi connectivity index (χ2v) is 4.73. The van der Waals surface area contributed by atoms with E-state index in [2.05, 4.69) is 12.2 Å². The van der Waals surface area contributed by atoms with Crippen molar-refractivity contribution in [1.82, 2.24) is 5.32 Å². The number of hydrogen-bond donors (Lipinski definition) is 1. The van der Waals surface area contributed by atoms with E-state index < -0.39 is 0 Å². The minimum Gasteiger partial charge on any atom is -0.493 e. The zero-order valence-corrected chi connectivity index (χ0v) is 12.7. The molecule has 0 unspecified atom stereocenters. The molecule has 0 atom stereocenters.